The van der Waals surface area contributed by atoms with Gasteiger partial charge in [-0.2, -0.15) is 0 Å². The second-order valence-corrected chi connectivity index (χ2v) is 3.09. The highest BCUT2D eigenvalue weighted by molar-refractivity contribution is 5.27. The van der Waals surface area contributed by atoms with Crippen LogP contribution in [-0.2, 0) is 6.42 Å². The summed E-state index contributed by atoms with van der Waals surface area (Å²) in [6, 6.07) is 8.83. The van der Waals surface area contributed by atoms with Gasteiger partial charge in [0.25, 0.3) is 0 Å². The zero-order chi connectivity index (χ0) is 8.81. The molecule has 65 valence electrons. The average Bonchev–Trinajstić information content (AvgIpc) is 2.15. The number of hydrogen-bond acceptors (Lipinski definition) is 0. The average molecular weight is 161 g/mol. The molecule has 0 heterocycles. The largest absolute Gasteiger partial charge is 0.0654 e. The molecule has 1 aromatic rings. The minimum absolute atomic E-state index is 1.13. The molecule has 0 unspecified atom stereocenters. The van der Waals surface area contributed by atoms with E-state index < -0.39 is 0 Å². The first-order valence-electron chi connectivity index (χ1n) is 4.79. The Labute approximate surface area is 75.6 Å². The maximum absolute atomic E-state index is 2.29. The molecule has 1 radical (unpaired) electrons. The van der Waals surface area contributed by atoms with E-state index >= 15 is 0 Å². The van der Waals surface area contributed by atoms with E-state index in [1.54, 1.807) is 0 Å². The second-order valence-electron chi connectivity index (χ2n) is 3.09. The standard InChI is InChI=1S/C12H17/c1-3-5-6-12-9-7-11(4-2)8-10-12/h6-10H,3-5H2,1-2H3. The van der Waals surface area contributed by atoms with E-state index in [0.29, 0.717) is 0 Å². The Morgan fingerprint density at radius 3 is 2.25 bits per heavy atom. The normalized spacial score (nSPS) is 10.2. The third-order valence-electron chi connectivity index (χ3n) is 2.06. The van der Waals surface area contributed by atoms with Crippen LogP contribution in [-0.4, -0.2) is 0 Å². The van der Waals surface area contributed by atoms with Crippen molar-refractivity contribution < 1.29 is 0 Å². The van der Waals surface area contributed by atoms with Gasteiger partial charge in [-0.05, 0) is 30.4 Å². The Bertz CT molecular complexity index is 208. The van der Waals surface area contributed by atoms with Gasteiger partial charge in [0.05, 0.1) is 0 Å². The summed E-state index contributed by atoms with van der Waals surface area (Å²) in [7, 11) is 0. The summed E-state index contributed by atoms with van der Waals surface area (Å²) in [5.41, 5.74) is 2.78. The van der Waals surface area contributed by atoms with Gasteiger partial charge < -0.3 is 0 Å². The number of rotatable bonds is 4. The third-order valence-corrected chi connectivity index (χ3v) is 2.06. The highest BCUT2D eigenvalue weighted by Crippen LogP contribution is 2.09. The van der Waals surface area contributed by atoms with Crippen molar-refractivity contribution in [3.8, 4) is 0 Å². The Hall–Kier alpha value is -0.780. The molecule has 0 amide bonds. The predicted molar refractivity (Wildman–Crippen MR) is 54.1 cm³/mol. The molecule has 0 bridgehead atoms. The molecule has 1 rings (SSSR count). The molecule has 0 N–H and O–H groups in total. The molecule has 0 aliphatic carbocycles. The molecule has 0 aliphatic heterocycles. The van der Waals surface area contributed by atoms with Crippen molar-refractivity contribution in [2.45, 2.75) is 33.1 Å². The molecule has 1 aromatic carbocycles. The maximum Gasteiger partial charge on any atom is -0.00932 e. The van der Waals surface area contributed by atoms with Gasteiger partial charge in [-0.3, -0.25) is 0 Å². The van der Waals surface area contributed by atoms with Crippen LogP contribution in [0.1, 0.15) is 37.8 Å². The fourth-order valence-electron chi connectivity index (χ4n) is 1.20. The molecular formula is C12H17. The minimum atomic E-state index is 1.13. The quantitative estimate of drug-likeness (QED) is 0.633. The van der Waals surface area contributed by atoms with Crippen LogP contribution in [0.2, 0.25) is 0 Å². The molecule has 12 heavy (non-hydrogen) atoms. The summed E-state index contributed by atoms with van der Waals surface area (Å²) >= 11 is 0. The number of benzene rings is 1. The highest BCUT2D eigenvalue weighted by Gasteiger charge is 1.92. The van der Waals surface area contributed by atoms with Crippen LogP contribution in [0.15, 0.2) is 24.3 Å². The predicted octanol–water partition coefficient (Wildman–Crippen LogP) is 3.60. The summed E-state index contributed by atoms with van der Waals surface area (Å²) in [6.07, 6.45) is 5.84. The van der Waals surface area contributed by atoms with E-state index in [0.717, 1.165) is 6.42 Å². The summed E-state index contributed by atoms with van der Waals surface area (Å²) in [6.45, 7) is 4.39. The van der Waals surface area contributed by atoms with Gasteiger partial charge in [0.15, 0.2) is 0 Å². The summed E-state index contributed by atoms with van der Waals surface area (Å²) in [4.78, 5) is 0. The second kappa shape index (κ2) is 4.97. The van der Waals surface area contributed by atoms with Crippen LogP contribution in [0.25, 0.3) is 0 Å². The van der Waals surface area contributed by atoms with Gasteiger partial charge in [-0.15, -0.1) is 0 Å². The first-order valence-corrected chi connectivity index (χ1v) is 4.79. The fourth-order valence-corrected chi connectivity index (χ4v) is 1.20. The van der Waals surface area contributed by atoms with Gasteiger partial charge in [-0.25, -0.2) is 0 Å². The van der Waals surface area contributed by atoms with Gasteiger partial charge in [0, 0.05) is 0 Å². The molecule has 0 aliphatic rings. The van der Waals surface area contributed by atoms with Crippen molar-refractivity contribution in [1.82, 2.24) is 0 Å². The molecule has 0 heteroatoms. The van der Waals surface area contributed by atoms with Crippen LogP contribution in [0, 0.1) is 6.42 Å². The van der Waals surface area contributed by atoms with Gasteiger partial charge in [0.1, 0.15) is 0 Å². The van der Waals surface area contributed by atoms with E-state index in [1.165, 1.54) is 24.0 Å². The van der Waals surface area contributed by atoms with E-state index in [4.69, 9.17) is 0 Å². The fraction of sp³-hybridized carbons (Fsp3) is 0.417. The smallest absolute Gasteiger partial charge is 0.00932 e. The van der Waals surface area contributed by atoms with Crippen molar-refractivity contribution in [3.05, 3.63) is 41.8 Å². The van der Waals surface area contributed by atoms with E-state index in [1.807, 2.05) is 0 Å². The van der Waals surface area contributed by atoms with Crippen molar-refractivity contribution in [2.24, 2.45) is 0 Å². The van der Waals surface area contributed by atoms with Crippen LogP contribution >= 0.6 is 0 Å². The zero-order valence-corrected chi connectivity index (χ0v) is 8.01. The molecule has 0 saturated heterocycles. The van der Waals surface area contributed by atoms with Crippen molar-refractivity contribution in [1.29, 1.82) is 0 Å². The summed E-state index contributed by atoms with van der Waals surface area (Å²) in [5, 5.41) is 0. The Balaban J connectivity index is 2.53. The third kappa shape index (κ3) is 2.69. The van der Waals surface area contributed by atoms with Crippen LogP contribution in [0.5, 0.6) is 0 Å². The monoisotopic (exact) mass is 161 g/mol. The van der Waals surface area contributed by atoms with E-state index in [2.05, 4.69) is 44.5 Å². The molecule has 0 saturated carbocycles. The Morgan fingerprint density at radius 2 is 1.75 bits per heavy atom. The first-order chi connectivity index (χ1) is 5.86. The van der Waals surface area contributed by atoms with Gasteiger partial charge in [0.2, 0.25) is 0 Å². The summed E-state index contributed by atoms with van der Waals surface area (Å²) in [5.74, 6) is 0. The molecule has 0 spiro atoms. The lowest BCUT2D eigenvalue weighted by Crippen LogP contribution is -1.83. The maximum atomic E-state index is 2.29. The topological polar surface area (TPSA) is 0 Å². The molecule has 0 aromatic heterocycles. The van der Waals surface area contributed by atoms with E-state index in [-0.39, 0.29) is 0 Å². The molecule has 0 fully saturated rings. The van der Waals surface area contributed by atoms with Crippen LogP contribution in [0.4, 0.5) is 0 Å². The van der Waals surface area contributed by atoms with Gasteiger partial charge in [-0.1, -0.05) is 44.5 Å². The molecular weight excluding hydrogens is 144 g/mol. The summed E-state index contributed by atoms with van der Waals surface area (Å²) < 4.78 is 0. The minimum Gasteiger partial charge on any atom is -0.0654 e. The molecule has 0 nitrogen and oxygen atoms in total. The Kier molecular flexibility index (Phi) is 3.86. The van der Waals surface area contributed by atoms with Crippen molar-refractivity contribution >= 4 is 0 Å². The van der Waals surface area contributed by atoms with E-state index in [9.17, 15) is 0 Å². The van der Waals surface area contributed by atoms with Crippen molar-refractivity contribution in [2.75, 3.05) is 0 Å². The number of unbranched alkanes of at least 4 members (excludes halogenated alkanes) is 1. The van der Waals surface area contributed by atoms with Crippen molar-refractivity contribution in [3.63, 3.8) is 0 Å². The lowest BCUT2D eigenvalue weighted by atomic mass is 10.1. The lowest BCUT2D eigenvalue weighted by molar-refractivity contribution is 0.913. The van der Waals surface area contributed by atoms with Crippen LogP contribution in [0.3, 0.4) is 0 Å². The first kappa shape index (κ1) is 9.31. The highest BCUT2D eigenvalue weighted by atomic mass is 14.0. The lowest BCUT2D eigenvalue weighted by Gasteiger charge is -2.00. The Morgan fingerprint density at radius 1 is 1.08 bits per heavy atom. The molecule has 0 atom stereocenters. The SMILES string of the molecule is CCC[CH]c1ccc(CC)cc1. The van der Waals surface area contributed by atoms with Crippen LogP contribution < -0.4 is 0 Å². The number of aryl methyl sites for hydroxylation is 1. The van der Waals surface area contributed by atoms with Gasteiger partial charge >= 0.3 is 0 Å². The zero-order valence-electron chi connectivity index (χ0n) is 8.01. The number of hydrogen-bond donors (Lipinski definition) is 0.